The van der Waals surface area contributed by atoms with E-state index in [2.05, 4.69) is 127 Å². The lowest BCUT2D eigenvalue weighted by atomic mass is 9.84. The Balaban J connectivity index is 1.90. The summed E-state index contributed by atoms with van der Waals surface area (Å²) in [5, 5.41) is 0. The Hall–Kier alpha value is -3.40. The molecule has 0 aromatic carbocycles. The van der Waals surface area contributed by atoms with E-state index >= 15 is 0 Å². The second kappa shape index (κ2) is 8.06. The predicted molar refractivity (Wildman–Crippen MR) is 154 cm³/mol. The van der Waals surface area contributed by atoms with Gasteiger partial charge in [0.25, 0.3) is 0 Å². The molecular weight excluding hydrogens is 440 g/mol. The average molecular weight is 479 g/mol. The second-order valence-corrected chi connectivity index (χ2v) is 13.1. The van der Waals surface area contributed by atoms with Crippen LogP contribution in [0.25, 0.3) is 45.4 Å². The first kappa shape index (κ1) is 24.3. The number of nitrogens with zero attached hydrogens (tertiary/aromatic N) is 2. The van der Waals surface area contributed by atoms with Crippen molar-refractivity contribution in [2.75, 3.05) is 0 Å². The molecule has 36 heavy (non-hydrogen) atoms. The Labute approximate surface area is 214 Å². The maximum Gasteiger partial charge on any atom is 0.0897 e. The number of fused-ring (bicyclic) bond motifs is 10. The Bertz CT molecular complexity index is 1570. The quantitative estimate of drug-likeness (QED) is 0.339. The van der Waals surface area contributed by atoms with E-state index in [1.807, 2.05) is 0 Å². The van der Waals surface area contributed by atoms with Crippen LogP contribution in [0.1, 0.15) is 90.7 Å². The van der Waals surface area contributed by atoms with E-state index < -0.39 is 0 Å². The first-order chi connectivity index (χ1) is 16.7. The molecule has 2 aliphatic heterocycles. The molecule has 5 heterocycles. The number of rotatable bonds is 0. The minimum absolute atomic E-state index is 0.00279. The van der Waals surface area contributed by atoms with Gasteiger partial charge in [-0.2, -0.15) is 0 Å². The van der Waals surface area contributed by atoms with Gasteiger partial charge in [0.1, 0.15) is 0 Å². The van der Waals surface area contributed by atoms with Crippen LogP contribution in [0.3, 0.4) is 0 Å². The third kappa shape index (κ3) is 4.45. The van der Waals surface area contributed by atoms with Crippen molar-refractivity contribution in [1.29, 1.82) is 0 Å². The van der Waals surface area contributed by atoms with Crippen molar-refractivity contribution >= 4 is 45.4 Å². The van der Waals surface area contributed by atoms with Crippen LogP contribution >= 0.6 is 0 Å². The largest absolute Gasteiger partial charge is 0.354 e. The minimum atomic E-state index is -0.0376. The first-order valence-corrected chi connectivity index (χ1v) is 12.9. The van der Waals surface area contributed by atoms with Crippen LogP contribution in [0.5, 0.6) is 0 Å². The van der Waals surface area contributed by atoms with Gasteiger partial charge in [0.2, 0.25) is 0 Å². The Kier molecular flexibility index (Phi) is 5.44. The lowest BCUT2D eigenvalue weighted by molar-refractivity contribution is 0.568. The predicted octanol–water partition coefficient (Wildman–Crippen LogP) is 8.79. The molecule has 8 bridgehead atoms. The molecule has 0 fully saturated rings. The van der Waals surface area contributed by atoms with Gasteiger partial charge in [-0.25, -0.2) is 9.97 Å². The highest BCUT2D eigenvalue weighted by atomic mass is 14.8. The molecule has 0 saturated carbocycles. The van der Waals surface area contributed by atoms with Crippen LogP contribution in [0, 0.1) is 10.8 Å². The Morgan fingerprint density at radius 2 is 1.03 bits per heavy atom. The fraction of sp³-hybridized carbons (Fsp3) is 0.375. The zero-order valence-electron chi connectivity index (χ0n) is 23.1. The molecule has 0 spiro atoms. The smallest absolute Gasteiger partial charge is 0.0897 e. The summed E-state index contributed by atoms with van der Waals surface area (Å²) >= 11 is 0. The normalized spacial score (nSPS) is 14.6. The molecule has 0 radical (unpaired) electrons. The SMILES string of the molecule is CC(C)(C)C1=Cc2nc1ccc1ccc([nH]1)c1cc(C(C)(C)C)c(ccc3nc2C=C3C(C)(C)C)[nH]1. The summed E-state index contributed by atoms with van der Waals surface area (Å²) in [6, 6.07) is 15.1. The number of hydrogen-bond donors (Lipinski definition) is 2. The fourth-order valence-corrected chi connectivity index (χ4v) is 4.95. The van der Waals surface area contributed by atoms with Crippen molar-refractivity contribution in [3.05, 3.63) is 70.8 Å². The van der Waals surface area contributed by atoms with E-state index in [4.69, 9.17) is 9.97 Å². The van der Waals surface area contributed by atoms with Crippen LogP contribution < -0.4 is 0 Å². The first-order valence-electron chi connectivity index (χ1n) is 12.9. The zero-order chi connectivity index (χ0) is 26.0. The topological polar surface area (TPSA) is 57.4 Å². The minimum Gasteiger partial charge on any atom is -0.354 e. The van der Waals surface area contributed by atoms with E-state index in [-0.39, 0.29) is 16.2 Å². The lowest BCUT2D eigenvalue weighted by Gasteiger charge is -2.19. The maximum absolute atomic E-state index is 5.11. The van der Waals surface area contributed by atoms with Crippen molar-refractivity contribution in [2.24, 2.45) is 10.8 Å². The van der Waals surface area contributed by atoms with E-state index in [1.165, 1.54) is 16.7 Å². The molecule has 5 rings (SSSR count). The van der Waals surface area contributed by atoms with Gasteiger partial charge in [-0.15, -0.1) is 0 Å². The van der Waals surface area contributed by atoms with Gasteiger partial charge in [0.05, 0.1) is 33.8 Å². The summed E-state index contributed by atoms with van der Waals surface area (Å²) in [7, 11) is 0. The third-order valence-electron chi connectivity index (χ3n) is 6.96. The van der Waals surface area contributed by atoms with Gasteiger partial charge in [0.15, 0.2) is 0 Å². The van der Waals surface area contributed by atoms with E-state index in [9.17, 15) is 0 Å². The van der Waals surface area contributed by atoms with Crippen LogP contribution in [0.4, 0.5) is 0 Å². The molecule has 0 saturated heterocycles. The van der Waals surface area contributed by atoms with Gasteiger partial charge in [-0.05, 0) is 87.6 Å². The third-order valence-corrected chi connectivity index (χ3v) is 6.96. The molecule has 3 aromatic rings. The molecule has 4 nitrogen and oxygen atoms in total. The van der Waals surface area contributed by atoms with Crippen LogP contribution in [-0.4, -0.2) is 19.9 Å². The van der Waals surface area contributed by atoms with Crippen molar-refractivity contribution < 1.29 is 0 Å². The Morgan fingerprint density at radius 1 is 0.528 bits per heavy atom. The summed E-state index contributed by atoms with van der Waals surface area (Å²) in [5.41, 5.74) is 11.9. The molecule has 2 aliphatic rings. The molecule has 0 atom stereocenters. The van der Waals surface area contributed by atoms with Gasteiger partial charge in [-0.3, -0.25) is 0 Å². The highest BCUT2D eigenvalue weighted by molar-refractivity contribution is 5.92. The van der Waals surface area contributed by atoms with Crippen LogP contribution in [0.2, 0.25) is 0 Å². The molecule has 0 amide bonds. The second-order valence-electron chi connectivity index (χ2n) is 13.1. The number of aromatic amines is 2. The highest BCUT2D eigenvalue weighted by Gasteiger charge is 2.28. The highest BCUT2D eigenvalue weighted by Crippen LogP contribution is 2.41. The Morgan fingerprint density at radius 3 is 1.56 bits per heavy atom. The molecule has 3 aromatic heterocycles. The number of aromatic nitrogens is 4. The van der Waals surface area contributed by atoms with Gasteiger partial charge in [-0.1, -0.05) is 62.3 Å². The summed E-state index contributed by atoms with van der Waals surface area (Å²) in [6.07, 6.45) is 4.44. The van der Waals surface area contributed by atoms with E-state index in [1.54, 1.807) is 0 Å². The zero-order valence-corrected chi connectivity index (χ0v) is 23.1. The fourth-order valence-electron chi connectivity index (χ4n) is 4.95. The lowest BCUT2D eigenvalue weighted by Crippen LogP contribution is -2.09. The number of allylic oxidation sites excluding steroid dienone is 2. The van der Waals surface area contributed by atoms with Crippen molar-refractivity contribution in [1.82, 2.24) is 19.9 Å². The molecular formula is C32H38N4. The molecule has 0 aliphatic carbocycles. The van der Waals surface area contributed by atoms with E-state index in [0.29, 0.717) is 0 Å². The summed E-state index contributed by atoms with van der Waals surface area (Å²) in [6.45, 7) is 20.2. The summed E-state index contributed by atoms with van der Waals surface area (Å²) in [5.74, 6) is 0. The molecule has 0 unspecified atom stereocenters. The van der Waals surface area contributed by atoms with Gasteiger partial charge in [0, 0.05) is 11.0 Å². The summed E-state index contributed by atoms with van der Waals surface area (Å²) in [4.78, 5) is 17.4. The van der Waals surface area contributed by atoms with Crippen LogP contribution in [-0.2, 0) is 5.41 Å². The van der Waals surface area contributed by atoms with Crippen molar-refractivity contribution in [2.45, 2.75) is 67.7 Å². The average Bonchev–Trinajstić information content (AvgIpc) is 3.52. The molecule has 186 valence electrons. The maximum atomic E-state index is 5.11. The number of nitrogens with one attached hydrogen (secondary N) is 2. The number of H-pyrrole nitrogens is 2. The van der Waals surface area contributed by atoms with Gasteiger partial charge < -0.3 is 9.97 Å². The number of hydrogen-bond acceptors (Lipinski definition) is 2. The van der Waals surface area contributed by atoms with Gasteiger partial charge >= 0.3 is 0 Å². The standard InChI is InChI=1S/C32H38N4/c1-30(2,3)20-16-27-26-13-11-19(33-26)10-12-23-21(31(4,5)6)17-28(35-23)29-18-22(32(7,8)9)25(36-29)15-14-24(20)34-27/h10-18,33-34H,1-9H3. The van der Waals surface area contributed by atoms with E-state index in [0.717, 1.165) is 44.8 Å². The molecule has 4 heteroatoms. The van der Waals surface area contributed by atoms with Crippen molar-refractivity contribution in [3.63, 3.8) is 0 Å². The van der Waals surface area contributed by atoms with Crippen molar-refractivity contribution in [3.8, 4) is 0 Å². The summed E-state index contributed by atoms with van der Waals surface area (Å²) < 4.78 is 0. The monoisotopic (exact) mass is 478 g/mol. The van der Waals surface area contributed by atoms with Crippen LogP contribution in [0.15, 0.2) is 42.5 Å². The molecule has 2 N–H and O–H groups in total.